The number of nitriles is 1. The fourth-order valence-electron chi connectivity index (χ4n) is 2.07. The van der Waals surface area contributed by atoms with Crippen molar-refractivity contribution in [1.82, 2.24) is 4.90 Å². The van der Waals surface area contributed by atoms with Gasteiger partial charge in [0.1, 0.15) is 0 Å². The summed E-state index contributed by atoms with van der Waals surface area (Å²) in [4.78, 5) is 2.19. The molecule has 0 heterocycles. The molecule has 0 aliphatic heterocycles. The molecule has 0 bridgehead atoms. The molecule has 0 aromatic carbocycles. The molecule has 0 saturated heterocycles. The maximum absolute atomic E-state index is 8.58. The lowest BCUT2D eigenvalue weighted by atomic mass is 9.75. The second-order valence-corrected chi connectivity index (χ2v) is 4.97. The van der Waals surface area contributed by atoms with Crippen molar-refractivity contribution in [1.29, 1.82) is 5.26 Å². The van der Waals surface area contributed by atoms with Crippen molar-refractivity contribution in [2.24, 2.45) is 5.41 Å². The number of hydrogen-bond donors (Lipinski definition) is 0. The Morgan fingerprint density at radius 2 is 1.92 bits per heavy atom. The van der Waals surface area contributed by atoms with Gasteiger partial charge in [0.2, 0.25) is 0 Å². The van der Waals surface area contributed by atoms with Gasteiger partial charge in [-0.2, -0.15) is 5.26 Å². The zero-order valence-corrected chi connectivity index (χ0v) is 9.01. The van der Waals surface area contributed by atoms with E-state index in [0.29, 0.717) is 18.0 Å². The van der Waals surface area contributed by atoms with E-state index in [9.17, 15) is 0 Å². The average molecular weight is 180 g/mol. The molecule has 1 fully saturated rings. The zero-order chi connectivity index (χ0) is 9.90. The molecule has 1 aliphatic rings. The normalized spacial score (nSPS) is 23.0. The second kappa shape index (κ2) is 4.11. The van der Waals surface area contributed by atoms with Crippen LogP contribution in [0.15, 0.2) is 0 Å². The second-order valence-electron chi connectivity index (χ2n) is 4.97. The summed E-state index contributed by atoms with van der Waals surface area (Å²) in [5.74, 6) is 0. The molecular weight excluding hydrogens is 160 g/mol. The molecule has 1 rings (SSSR count). The summed E-state index contributed by atoms with van der Waals surface area (Å²) < 4.78 is 0. The lowest BCUT2D eigenvalue weighted by Crippen LogP contribution is -2.37. The number of nitrogens with zero attached hydrogens (tertiary/aromatic N) is 2. The summed E-state index contributed by atoms with van der Waals surface area (Å²) >= 11 is 0. The van der Waals surface area contributed by atoms with Gasteiger partial charge in [0, 0.05) is 6.04 Å². The van der Waals surface area contributed by atoms with Crippen LogP contribution in [0.5, 0.6) is 0 Å². The van der Waals surface area contributed by atoms with Gasteiger partial charge < -0.3 is 0 Å². The van der Waals surface area contributed by atoms with E-state index in [1.54, 1.807) is 0 Å². The van der Waals surface area contributed by atoms with Crippen molar-refractivity contribution in [2.75, 3.05) is 13.6 Å². The fraction of sp³-hybridized carbons (Fsp3) is 0.909. The maximum Gasteiger partial charge on any atom is 0.0865 e. The van der Waals surface area contributed by atoms with E-state index in [-0.39, 0.29) is 0 Å². The van der Waals surface area contributed by atoms with Gasteiger partial charge in [-0.25, -0.2) is 0 Å². The highest BCUT2D eigenvalue weighted by molar-refractivity contribution is 4.86. The Balaban J connectivity index is 2.37. The molecule has 0 spiro atoms. The minimum atomic E-state index is 0.532. The Morgan fingerprint density at radius 3 is 2.38 bits per heavy atom. The molecule has 0 atom stereocenters. The van der Waals surface area contributed by atoms with Crippen molar-refractivity contribution in [2.45, 2.75) is 45.6 Å². The minimum absolute atomic E-state index is 0.532. The summed E-state index contributed by atoms with van der Waals surface area (Å²) in [6.45, 7) is 5.26. The van der Waals surface area contributed by atoms with E-state index in [0.717, 1.165) is 0 Å². The topological polar surface area (TPSA) is 27.0 Å². The molecule has 74 valence electrons. The molecular formula is C11H20N2. The number of hydrogen-bond acceptors (Lipinski definition) is 2. The highest BCUT2D eigenvalue weighted by Crippen LogP contribution is 2.36. The van der Waals surface area contributed by atoms with E-state index >= 15 is 0 Å². The van der Waals surface area contributed by atoms with Gasteiger partial charge in [-0.1, -0.05) is 13.8 Å². The summed E-state index contributed by atoms with van der Waals surface area (Å²) in [5.41, 5.74) is 0.532. The van der Waals surface area contributed by atoms with E-state index in [2.05, 4.69) is 31.9 Å². The molecule has 0 radical (unpaired) electrons. The summed E-state index contributed by atoms with van der Waals surface area (Å²) in [5, 5.41) is 8.58. The van der Waals surface area contributed by atoms with Gasteiger partial charge in [0.05, 0.1) is 12.6 Å². The Kier molecular flexibility index (Phi) is 3.33. The lowest BCUT2D eigenvalue weighted by molar-refractivity contribution is 0.137. The van der Waals surface area contributed by atoms with Gasteiger partial charge in [-0.3, -0.25) is 4.90 Å². The van der Waals surface area contributed by atoms with Crippen LogP contribution >= 0.6 is 0 Å². The standard InChI is InChI=1S/C11H20N2/c1-11(2)6-4-10(5-7-11)13(3)9-8-12/h10H,4-7,9H2,1-3H3. The van der Waals surface area contributed by atoms with Crippen LogP contribution in [-0.4, -0.2) is 24.5 Å². The molecule has 1 saturated carbocycles. The van der Waals surface area contributed by atoms with Gasteiger partial charge in [0.25, 0.3) is 0 Å². The van der Waals surface area contributed by atoms with Crippen molar-refractivity contribution in [3.8, 4) is 6.07 Å². The first kappa shape index (κ1) is 10.5. The van der Waals surface area contributed by atoms with Crippen LogP contribution in [0.1, 0.15) is 39.5 Å². The van der Waals surface area contributed by atoms with Crippen molar-refractivity contribution < 1.29 is 0 Å². The van der Waals surface area contributed by atoms with Crippen LogP contribution in [0.25, 0.3) is 0 Å². The van der Waals surface area contributed by atoms with Crippen LogP contribution in [-0.2, 0) is 0 Å². The Labute approximate surface area is 81.5 Å². The Morgan fingerprint density at radius 1 is 1.38 bits per heavy atom. The maximum atomic E-state index is 8.58. The van der Waals surface area contributed by atoms with Gasteiger partial charge in [-0.15, -0.1) is 0 Å². The van der Waals surface area contributed by atoms with Crippen molar-refractivity contribution in [3.05, 3.63) is 0 Å². The predicted molar refractivity (Wildman–Crippen MR) is 54.3 cm³/mol. The monoisotopic (exact) mass is 180 g/mol. The fourth-order valence-corrected chi connectivity index (χ4v) is 2.07. The molecule has 0 amide bonds. The summed E-state index contributed by atoms with van der Waals surface area (Å²) in [6, 6.07) is 2.86. The molecule has 0 aromatic rings. The first-order chi connectivity index (χ1) is 6.05. The van der Waals surface area contributed by atoms with Crippen LogP contribution in [0.3, 0.4) is 0 Å². The first-order valence-electron chi connectivity index (χ1n) is 5.12. The van der Waals surface area contributed by atoms with Gasteiger partial charge in [0.15, 0.2) is 0 Å². The molecule has 13 heavy (non-hydrogen) atoms. The summed E-state index contributed by atoms with van der Waals surface area (Å²) in [7, 11) is 2.06. The highest BCUT2D eigenvalue weighted by Gasteiger charge is 2.28. The quantitative estimate of drug-likeness (QED) is 0.610. The third-order valence-electron chi connectivity index (χ3n) is 3.25. The van der Waals surface area contributed by atoms with Gasteiger partial charge >= 0.3 is 0 Å². The largest absolute Gasteiger partial charge is 0.291 e. The molecule has 2 nitrogen and oxygen atoms in total. The molecule has 0 unspecified atom stereocenters. The number of rotatable bonds is 2. The Bertz CT molecular complexity index is 193. The van der Waals surface area contributed by atoms with Gasteiger partial charge in [-0.05, 0) is 38.1 Å². The smallest absolute Gasteiger partial charge is 0.0865 e. The van der Waals surface area contributed by atoms with E-state index < -0.39 is 0 Å². The summed E-state index contributed by atoms with van der Waals surface area (Å²) in [6.07, 6.45) is 5.11. The zero-order valence-electron chi connectivity index (χ0n) is 9.01. The lowest BCUT2D eigenvalue weighted by Gasteiger charge is -2.37. The predicted octanol–water partition coefficient (Wildman–Crippen LogP) is 2.41. The van der Waals surface area contributed by atoms with E-state index in [4.69, 9.17) is 5.26 Å². The van der Waals surface area contributed by atoms with Crippen LogP contribution in [0.4, 0.5) is 0 Å². The van der Waals surface area contributed by atoms with E-state index in [1.165, 1.54) is 25.7 Å². The molecule has 1 aliphatic carbocycles. The minimum Gasteiger partial charge on any atom is -0.291 e. The van der Waals surface area contributed by atoms with Crippen molar-refractivity contribution in [3.63, 3.8) is 0 Å². The highest BCUT2D eigenvalue weighted by atomic mass is 15.1. The molecule has 0 aromatic heterocycles. The molecule has 0 N–H and O–H groups in total. The van der Waals surface area contributed by atoms with Crippen molar-refractivity contribution >= 4 is 0 Å². The third-order valence-corrected chi connectivity index (χ3v) is 3.25. The molecule has 2 heteroatoms. The van der Waals surface area contributed by atoms with Crippen LogP contribution in [0, 0.1) is 16.7 Å². The van der Waals surface area contributed by atoms with E-state index in [1.807, 2.05) is 0 Å². The SMILES string of the molecule is CN(CC#N)C1CCC(C)(C)CC1. The Hall–Kier alpha value is -0.550. The van der Waals surface area contributed by atoms with Crippen LogP contribution in [0.2, 0.25) is 0 Å². The first-order valence-corrected chi connectivity index (χ1v) is 5.12. The third kappa shape index (κ3) is 3.00. The van der Waals surface area contributed by atoms with Crippen LogP contribution < -0.4 is 0 Å². The average Bonchev–Trinajstić information content (AvgIpc) is 2.04.